The number of hydrogen-bond donors (Lipinski definition) is 2. The van der Waals surface area contributed by atoms with Gasteiger partial charge in [0, 0.05) is 13.2 Å². The Kier molecular flexibility index (Phi) is 7.06. The van der Waals surface area contributed by atoms with Gasteiger partial charge in [0.2, 0.25) is 0 Å². The Morgan fingerprint density at radius 1 is 0.688 bits per heavy atom. The minimum absolute atomic E-state index is 0.351. The third-order valence-electron chi connectivity index (χ3n) is 4.14. The van der Waals surface area contributed by atoms with Gasteiger partial charge in [0.15, 0.2) is 0 Å². The first-order chi connectivity index (χ1) is 7.83. The van der Waals surface area contributed by atoms with Crippen molar-refractivity contribution < 1.29 is 10.2 Å². The van der Waals surface area contributed by atoms with E-state index in [2.05, 4.69) is 0 Å². The van der Waals surface area contributed by atoms with E-state index in [1.807, 2.05) is 0 Å². The number of hydrogen-bond acceptors (Lipinski definition) is 2. The second-order valence-electron chi connectivity index (χ2n) is 5.42. The molecule has 0 aliphatic heterocycles. The van der Waals surface area contributed by atoms with Crippen LogP contribution in [0.3, 0.4) is 0 Å². The maximum absolute atomic E-state index is 8.74. The third kappa shape index (κ3) is 4.84. The van der Waals surface area contributed by atoms with Crippen LogP contribution in [0.5, 0.6) is 0 Å². The lowest BCUT2D eigenvalue weighted by Gasteiger charge is -2.42. The van der Waals surface area contributed by atoms with Crippen molar-refractivity contribution in [2.75, 3.05) is 13.2 Å². The molecule has 1 aliphatic rings. The highest BCUT2D eigenvalue weighted by Crippen LogP contribution is 2.49. The topological polar surface area (TPSA) is 40.5 Å². The summed E-state index contributed by atoms with van der Waals surface area (Å²) < 4.78 is 0. The molecule has 16 heavy (non-hydrogen) atoms. The molecule has 96 valence electrons. The van der Waals surface area contributed by atoms with Gasteiger partial charge in [-0.1, -0.05) is 32.1 Å². The Labute approximate surface area is 100 Å². The molecule has 1 rings (SSSR count). The zero-order valence-electron chi connectivity index (χ0n) is 10.6. The fraction of sp³-hybridized carbons (Fsp3) is 1.00. The van der Waals surface area contributed by atoms with Crippen LogP contribution in [0.2, 0.25) is 0 Å². The predicted molar refractivity (Wildman–Crippen MR) is 67.4 cm³/mol. The van der Waals surface area contributed by atoms with Gasteiger partial charge in [-0.15, -0.1) is 0 Å². The molecule has 2 heteroatoms. The van der Waals surface area contributed by atoms with Gasteiger partial charge >= 0.3 is 0 Å². The molecule has 0 spiro atoms. The molecule has 0 bridgehead atoms. The molecule has 1 fully saturated rings. The van der Waals surface area contributed by atoms with Crippen LogP contribution in [0.25, 0.3) is 0 Å². The number of aliphatic hydroxyl groups excluding tert-OH is 2. The van der Waals surface area contributed by atoms with E-state index in [0.29, 0.717) is 18.6 Å². The van der Waals surface area contributed by atoms with E-state index < -0.39 is 0 Å². The predicted octanol–water partition coefficient (Wildman–Crippen LogP) is 3.26. The first kappa shape index (κ1) is 14.0. The molecule has 0 unspecified atom stereocenters. The minimum Gasteiger partial charge on any atom is -0.396 e. The summed E-state index contributed by atoms with van der Waals surface area (Å²) in [4.78, 5) is 0. The Morgan fingerprint density at radius 3 is 1.50 bits per heavy atom. The molecule has 1 aliphatic carbocycles. The fourth-order valence-corrected chi connectivity index (χ4v) is 2.88. The number of rotatable bonds is 10. The molecule has 0 amide bonds. The highest BCUT2D eigenvalue weighted by atomic mass is 16.3. The smallest absolute Gasteiger partial charge is 0.0431 e. The van der Waals surface area contributed by atoms with Gasteiger partial charge in [-0.3, -0.25) is 0 Å². The van der Waals surface area contributed by atoms with Crippen molar-refractivity contribution >= 4 is 0 Å². The van der Waals surface area contributed by atoms with Crippen molar-refractivity contribution in [3.63, 3.8) is 0 Å². The molecule has 1 saturated carbocycles. The van der Waals surface area contributed by atoms with Crippen LogP contribution >= 0.6 is 0 Å². The Hall–Kier alpha value is -0.0800. The summed E-state index contributed by atoms with van der Waals surface area (Å²) in [7, 11) is 0. The van der Waals surface area contributed by atoms with E-state index in [0.717, 1.165) is 12.8 Å². The van der Waals surface area contributed by atoms with Crippen LogP contribution in [0.4, 0.5) is 0 Å². The summed E-state index contributed by atoms with van der Waals surface area (Å²) in [6, 6.07) is 0. The molecule has 0 heterocycles. The van der Waals surface area contributed by atoms with Crippen molar-refractivity contribution in [3.8, 4) is 0 Å². The van der Waals surface area contributed by atoms with Crippen LogP contribution in [0.15, 0.2) is 0 Å². The van der Waals surface area contributed by atoms with Gasteiger partial charge in [-0.2, -0.15) is 0 Å². The van der Waals surface area contributed by atoms with E-state index in [4.69, 9.17) is 10.2 Å². The van der Waals surface area contributed by atoms with Crippen LogP contribution in [0.1, 0.15) is 70.6 Å². The van der Waals surface area contributed by atoms with Crippen molar-refractivity contribution in [1.82, 2.24) is 0 Å². The van der Waals surface area contributed by atoms with Gasteiger partial charge < -0.3 is 10.2 Å². The number of aliphatic hydroxyl groups is 2. The van der Waals surface area contributed by atoms with E-state index >= 15 is 0 Å². The molecule has 2 nitrogen and oxygen atoms in total. The summed E-state index contributed by atoms with van der Waals surface area (Å²) in [6.07, 6.45) is 13.9. The fourth-order valence-electron chi connectivity index (χ4n) is 2.88. The van der Waals surface area contributed by atoms with Crippen molar-refractivity contribution in [2.45, 2.75) is 70.6 Å². The lowest BCUT2D eigenvalue weighted by Crippen LogP contribution is -2.29. The van der Waals surface area contributed by atoms with Crippen molar-refractivity contribution in [1.29, 1.82) is 0 Å². The quantitative estimate of drug-likeness (QED) is 0.563. The largest absolute Gasteiger partial charge is 0.396 e. The van der Waals surface area contributed by atoms with E-state index in [1.54, 1.807) is 0 Å². The zero-order valence-corrected chi connectivity index (χ0v) is 10.6. The molecule has 0 aromatic carbocycles. The van der Waals surface area contributed by atoms with Crippen molar-refractivity contribution in [3.05, 3.63) is 0 Å². The summed E-state index contributed by atoms with van der Waals surface area (Å²) in [5, 5.41) is 17.5. The second-order valence-corrected chi connectivity index (χ2v) is 5.42. The summed E-state index contributed by atoms with van der Waals surface area (Å²) >= 11 is 0. The van der Waals surface area contributed by atoms with Crippen LogP contribution in [-0.2, 0) is 0 Å². The maximum atomic E-state index is 8.74. The van der Waals surface area contributed by atoms with Crippen LogP contribution in [-0.4, -0.2) is 23.4 Å². The molecule has 0 atom stereocenters. The first-order valence-electron chi connectivity index (χ1n) is 7.05. The second kappa shape index (κ2) is 8.08. The van der Waals surface area contributed by atoms with Gasteiger partial charge in [-0.25, -0.2) is 0 Å². The molecule has 0 radical (unpaired) electrons. The van der Waals surface area contributed by atoms with Gasteiger partial charge in [0.25, 0.3) is 0 Å². The Bertz CT molecular complexity index is 150. The zero-order chi connectivity index (χ0) is 11.7. The van der Waals surface area contributed by atoms with E-state index in [1.165, 1.54) is 57.8 Å². The molecular weight excluding hydrogens is 200 g/mol. The van der Waals surface area contributed by atoms with Gasteiger partial charge in [0.1, 0.15) is 0 Å². The molecular formula is C14H28O2. The molecule has 0 aromatic rings. The monoisotopic (exact) mass is 228 g/mol. The molecule has 2 N–H and O–H groups in total. The normalized spacial score (nSPS) is 18.4. The molecule has 0 saturated heterocycles. The summed E-state index contributed by atoms with van der Waals surface area (Å²) in [5.41, 5.74) is 0.658. The highest BCUT2D eigenvalue weighted by molar-refractivity contribution is 4.87. The standard InChI is InChI=1S/C14H28O2/c15-12-5-1-3-8-14(10-7-11-14)9-4-2-6-13-16/h15-16H,1-13H2. The Morgan fingerprint density at radius 2 is 1.19 bits per heavy atom. The maximum Gasteiger partial charge on any atom is 0.0431 e. The number of unbranched alkanes of at least 4 members (excludes halogenated alkanes) is 4. The van der Waals surface area contributed by atoms with E-state index in [-0.39, 0.29) is 0 Å². The highest BCUT2D eigenvalue weighted by Gasteiger charge is 2.35. The summed E-state index contributed by atoms with van der Waals surface area (Å²) in [6.45, 7) is 0.701. The van der Waals surface area contributed by atoms with Gasteiger partial charge in [0.05, 0.1) is 0 Å². The van der Waals surface area contributed by atoms with Crippen LogP contribution in [0, 0.1) is 5.41 Å². The average Bonchev–Trinajstić information content (AvgIpc) is 2.25. The summed E-state index contributed by atoms with van der Waals surface area (Å²) in [5.74, 6) is 0. The van der Waals surface area contributed by atoms with Crippen molar-refractivity contribution in [2.24, 2.45) is 5.41 Å². The SMILES string of the molecule is OCCCCCC1(CCCCCO)CCC1. The first-order valence-corrected chi connectivity index (χ1v) is 7.05. The van der Waals surface area contributed by atoms with E-state index in [9.17, 15) is 0 Å². The lowest BCUT2D eigenvalue weighted by atomic mass is 9.63. The Balaban J connectivity index is 2.07. The lowest BCUT2D eigenvalue weighted by molar-refractivity contribution is 0.0962. The average molecular weight is 228 g/mol. The van der Waals surface area contributed by atoms with Gasteiger partial charge in [-0.05, 0) is 43.9 Å². The molecule has 0 aromatic heterocycles. The minimum atomic E-state index is 0.351. The third-order valence-corrected chi connectivity index (χ3v) is 4.14. The van der Waals surface area contributed by atoms with Crippen LogP contribution < -0.4 is 0 Å².